The van der Waals surface area contributed by atoms with Crippen LogP contribution in [0.15, 0.2) is 53.7 Å². The first kappa shape index (κ1) is 19.1. The summed E-state index contributed by atoms with van der Waals surface area (Å²) in [6.45, 7) is 4.02. The van der Waals surface area contributed by atoms with E-state index in [0.717, 1.165) is 5.03 Å². The molecule has 0 bridgehead atoms. The van der Waals surface area contributed by atoms with Crippen LogP contribution in [0.1, 0.15) is 13.8 Å². The Balaban J connectivity index is 1.78. The Morgan fingerprint density at radius 1 is 1.24 bits per heavy atom. The van der Waals surface area contributed by atoms with Crippen molar-refractivity contribution in [2.75, 3.05) is 6.61 Å². The molecule has 0 spiro atoms. The van der Waals surface area contributed by atoms with Gasteiger partial charge in [0.25, 0.3) is 5.69 Å². The number of pyridine rings is 1. The molecule has 9 heteroatoms. The lowest BCUT2D eigenvalue weighted by atomic mass is 10.2. The Kier molecular flexibility index (Phi) is 6.65. The molecule has 0 fully saturated rings. The van der Waals surface area contributed by atoms with Gasteiger partial charge < -0.3 is 9.47 Å². The minimum Gasteiger partial charge on any atom is -0.432 e. The molecule has 0 saturated heterocycles. The van der Waals surface area contributed by atoms with Crippen LogP contribution in [0.3, 0.4) is 0 Å². The highest BCUT2D eigenvalue weighted by atomic mass is 33.1. The van der Waals surface area contributed by atoms with Crippen LogP contribution in [0.25, 0.3) is 0 Å². The fourth-order valence-corrected chi connectivity index (χ4v) is 3.60. The molecule has 2 aromatic rings. The van der Waals surface area contributed by atoms with Crippen molar-refractivity contribution in [3.05, 3.63) is 58.8 Å². The molecule has 7 nitrogen and oxygen atoms in total. The molecule has 132 valence electrons. The summed E-state index contributed by atoms with van der Waals surface area (Å²) in [5.74, 6) is 0.184. The molecule has 0 atom stereocenters. The van der Waals surface area contributed by atoms with E-state index in [1.54, 1.807) is 6.20 Å². The van der Waals surface area contributed by atoms with Crippen LogP contribution in [-0.2, 0) is 4.74 Å². The number of hydrogen-bond acceptors (Lipinski definition) is 8. The van der Waals surface area contributed by atoms with Crippen molar-refractivity contribution >= 4 is 33.4 Å². The Labute approximate surface area is 152 Å². The third-order valence-corrected chi connectivity index (χ3v) is 5.96. The molecular weight excluding hydrogens is 364 g/mol. The van der Waals surface area contributed by atoms with Gasteiger partial charge in [-0.25, -0.2) is 9.78 Å². The van der Waals surface area contributed by atoms with Crippen LogP contribution >= 0.6 is 21.6 Å². The Morgan fingerprint density at radius 3 is 2.56 bits per heavy atom. The van der Waals surface area contributed by atoms with Crippen molar-refractivity contribution in [3.8, 4) is 5.75 Å². The van der Waals surface area contributed by atoms with Crippen LogP contribution in [0.5, 0.6) is 5.75 Å². The van der Waals surface area contributed by atoms with Crippen molar-refractivity contribution in [3.63, 3.8) is 0 Å². The summed E-state index contributed by atoms with van der Waals surface area (Å²) in [4.78, 5) is 26.0. The molecule has 0 aliphatic heterocycles. The van der Waals surface area contributed by atoms with Gasteiger partial charge in [-0.3, -0.25) is 10.1 Å². The molecule has 0 saturated carbocycles. The number of hydrogen-bond donors (Lipinski definition) is 0. The highest BCUT2D eigenvalue weighted by Gasteiger charge is 2.23. The van der Waals surface area contributed by atoms with Crippen molar-refractivity contribution in [1.29, 1.82) is 0 Å². The second kappa shape index (κ2) is 8.72. The summed E-state index contributed by atoms with van der Waals surface area (Å²) in [5.41, 5.74) is -0.0789. The van der Waals surface area contributed by atoms with E-state index in [9.17, 15) is 14.9 Å². The lowest BCUT2D eigenvalue weighted by Crippen LogP contribution is -2.25. The van der Waals surface area contributed by atoms with E-state index in [0.29, 0.717) is 0 Å². The van der Waals surface area contributed by atoms with E-state index in [1.807, 2.05) is 32.0 Å². The van der Waals surface area contributed by atoms with Gasteiger partial charge in [0.1, 0.15) is 17.4 Å². The molecule has 1 aromatic heterocycles. The van der Waals surface area contributed by atoms with Crippen molar-refractivity contribution in [2.45, 2.75) is 23.6 Å². The van der Waals surface area contributed by atoms with Gasteiger partial charge >= 0.3 is 6.16 Å². The number of nitrogens with zero attached hydrogens (tertiary/aromatic N) is 2. The maximum atomic E-state index is 11.7. The number of carbonyl (C=O) groups excluding carboxylic acids is 1. The van der Waals surface area contributed by atoms with Gasteiger partial charge in [0, 0.05) is 18.3 Å². The first-order valence-corrected chi connectivity index (χ1v) is 9.36. The third-order valence-electron chi connectivity index (χ3n) is 2.78. The lowest BCUT2D eigenvalue weighted by Gasteiger charge is -2.22. The Hall–Kier alpha value is -2.26. The van der Waals surface area contributed by atoms with E-state index >= 15 is 0 Å². The molecule has 0 radical (unpaired) electrons. The zero-order valence-electron chi connectivity index (χ0n) is 13.6. The van der Waals surface area contributed by atoms with Gasteiger partial charge in [-0.1, -0.05) is 16.9 Å². The van der Waals surface area contributed by atoms with Crippen molar-refractivity contribution in [2.24, 2.45) is 0 Å². The van der Waals surface area contributed by atoms with Gasteiger partial charge in [0.2, 0.25) is 0 Å². The Bertz CT molecular complexity index is 723. The normalized spacial score (nSPS) is 11.0. The summed E-state index contributed by atoms with van der Waals surface area (Å²) in [6.07, 6.45) is 0.860. The zero-order valence-corrected chi connectivity index (χ0v) is 15.2. The van der Waals surface area contributed by atoms with E-state index in [4.69, 9.17) is 9.47 Å². The number of nitro benzene ring substituents is 1. The number of ether oxygens (including phenoxy) is 2. The largest absolute Gasteiger partial charge is 0.513 e. The SMILES string of the molecule is CC(C)(COC(=O)Oc1ccc([N+](=O)[O-])cc1)SSc1ccccn1. The number of aromatic nitrogens is 1. The fourth-order valence-electron chi connectivity index (χ4n) is 1.57. The van der Waals surface area contributed by atoms with E-state index < -0.39 is 11.1 Å². The average Bonchev–Trinajstić information content (AvgIpc) is 2.60. The van der Waals surface area contributed by atoms with Crippen LogP contribution < -0.4 is 4.74 Å². The summed E-state index contributed by atoms with van der Waals surface area (Å²) >= 11 is 0. The smallest absolute Gasteiger partial charge is 0.432 e. The molecule has 0 aliphatic carbocycles. The summed E-state index contributed by atoms with van der Waals surface area (Å²) in [7, 11) is 3.03. The first-order valence-electron chi connectivity index (χ1n) is 7.21. The molecule has 0 aliphatic rings. The number of rotatable bonds is 7. The highest BCUT2D eigenvalue weighted by molar-refractivity contribution is 8.77. The maximum Gasteiger partial charge on any atom is 0.513 e. The summed E-state index contributed by atoms with van der Waals surface area (Å²) < 4.78 is 9.77. The Morgan fingerprint density at radius 2 is 1.96 bits per heavy atom. The molecule has 0 unspecified atom stereocenters. The third kappa shape index (κ3) is 6.63. The number of benzene rings is 1. The summed E-state index contributed by atoms with van der Waals surface area (Å²) in [6, 6.07) is 10.8. The van der Waals surface area contributed by atoms with Crippen LogP contribution in [-0.4, -0.2) is 27.4 Å². The van der Waals surface area contributed by atoms with Gasteiger partial charge in [-0.15, -0.1) is 0 Å². The van der Waals surface area contributed by atoms with Gasteiger partial charge in [-0.05, 0) is 48.9 Å². The van der Waals surface area contributed by atoms with E-state index in [1.165, 1.54) is 45.9 Å². The van der Waals surface area contributed by atoms with E-state index in [-0.39, 0.29) is 22.8 Å². The van der Waals surface area contributed by atoms with Gasteiger partial charge in [-0.2, -0.15) is 0 Å². The average molecular weight is 380 g/mol. The van der Waals surface area contributed by atoms with E-state index in [2.05, 4.69) is 4.98 Å². The molecule has 0 N–H and O–H groups in total. The summed E-state index contributed by atoms with van der Waals surface area (Å²) in [5, 5.41) is 11.4. The first-order chi connectivity index (χ1) is 11.9. The van der Waals surface area contributed by atoms with Crippen LogP contribution in [0.4, 0.5) is 10.5 Å². The second-order valence-electron chi connectivity index (χ2n) is 5.49. The topological polar surface area (TPSA) is 91.6 Å². The van der Waals surface area contributed by atoms with Crippen LogP contribution in [0.2, 0.25) is 0 Å². The lowest BCUT2D eigenvalue weighted by molar-refractivity contribution is -0.384. The van der Waals surface area contributed by atoms with Gasteiger partial charge in [0.15, 0.2) is 0 Å². The van der Waals surface area contributed by atoms with Crippen molar-refractivity contribution in [1.82, 2.24) is 4.98 Å². The monoisotopic (exact) mass is 380 g/mol. The minimum absolute atomic E-state index is 0.0789. The maximum absolute atomic E-state index is 11.7. The number of carbonyl (C=O) groups is 1. The quantitative estimate of drug-likeness (QED) is 0.224. The minimum atomic E-state index is -0.856. The van der Waals surface area contributed by atoms with Gasteiger partial charge in [0.05, 0.1) is 9.67 Å². The predicted molar refractivity (Wildman–Crippen MR) is 96.8 cm³/mol. The van der Waals surface area contributed by atoms with Crippen molar-refractivity contribution < 1.29 is 19.2 Å². The molecule has 2 rings (SSSR count). The zero-order chi connectivity index (χ0) is 18.3. The molecule has 1 heterocycles. The fraction of sp³-hybridized carbons (Fsp3) is 0.250. The standard InChI is InChI=1S/C16H16N2O5S2/c1-16(2,25-24-14-5-3-4-10-17-14)11-22-15(19)23-13-8-6-12(7-9-13)18(20)21/h3-10H,11H2,1-2H3. The second-order valence-corrected chi connectivity index (χ2v) is 8.34. The molecule has 0 amide bonds. The molecular formula is C16H16N2O5S2. The predicted octanol–water partition coefficient (Wildman–Crippen LogP) is 4.72. The molecule has 1 aromatic carbocycles. The molecule has 25 heavy (non-hydrogen) atoms. The number of nitro groups is 1. The highest BCUT2D eigenvalue weighted by Crippen LogP contribution is 2.39. The number of non-ortho nitro benzene ring substituents is 1. The van der Waals surface area contributed by atoms with Crippen LogP contribution in [0, 0.1) is 10.1 Å².